The molecule has 0 aliphatic heterocycles. The number of aliphatic carboxylic acids is 1. The summed E-state index contributed by atoms with van der Waals surface area (Å²) in [5.41, 5.74) is -0.544. The third-order valence-corrected chi connectivity index (χ3v) is 0.560. The zero-order valence-corrected chi connectivity index (χ0v) is 4.33. The molecule has 0 unspecified atom stereocenters. The van der Waals surface area contributed by atoms with Crippen LogP contribution in [0.3, 0.4) is 0 Å². The number of nitrogens with zero attached hydrogens (tertiary/aromatic N) is 2. The molecule has 0 bridgehead atoms. The molecule has 1 N–H and O–H groups in total. The van der Waals surface area contributed by atoms with Gasteiger partial charge < -0.3 is 5.11 Å². The van der Waals surface area contributed by atoms with Gasteiger partial charge in [-0.2, -0.15) is 10.5 Å². The summed E-state index contributed by atoms with van der Waals surface area (Å²) in [6.45, 7) is 0. The summed E-state index contributed by atoms with van der Waals surface area (Å²) in [6, 6.07) is 2.78. The van der Waals surface area contributed by atoms with Gasteiger partial charge in [0.15, 0.2) is 0 Å². The molecule has 0 aromatic carbocycles. The van der Waals surface area contributed by atoms with Gasteiger partial charge in [-0.3, -0.25) is 0 Å². The molecule has 0 aliphatic rings. The van der Waals surface area contributed by atoms with Crippen LogP contribution in [0, 0.1) is 22.7 Å². The van der Waals surface area contributed by atoms with Crippen LogP contribution >= 0.6 is 0 Å². The summed E-state index contributed by atoms with van der Waals surface area (Å²) in [7, 11) is 0. The van der Waals surface area contributed by atoms with E-state index in [1.165, 1.54) is 12.1 Å². The van der Waals surface area contributed by atoms with Crippen molar-refractivity contribution in [2.24, 2.45) is 0 Å². The molecule has 0 radical (unpaired) electrons. The molecule has 0 saturated carbocycles. The maximum absolute atomic E-state index is 9.88. The molecule has 44 valence electrons. The second-order valence-corrected chi connectivity index (χ2v) is 1.10. The number of nitriles is 2. The van der Waals surface area contributed by atoms with Crippen LogP contribution in [0.4, 0.5) is 0 Å². The normalized spacial score (nSPS) is 9.33. The molecule has 0 fully saturated rings. The van der Waals surface area contributed by atoms with Gasteiger partial charge in [0, 0.05) is 6.08 Å². The summed E-state index contributed by atoms with van der Waals surface area (Å²) in [6.07, 6.45) is 0.683. The fourth-order valence-electron chi connectivity index (χ4n) is 0.206. The first-order chi connectivity index (χ1) is 4.22. The first kappa shape index (κ1) is 7.19. The Hall–Kier alpha value is -1.81. The monoisotopic (exact) mass is 122 g/mol. The highest BCUT2D eigenvalue weighted by atomic mass is 16.4. The number of carboxylic acids is 1. The number of hydrogen-bond acceptors (Lipinski definition) is 3. The zero-order valence-electron chi connectivity index (χ0n) is 4.33. The van der Waals surface area contributed by atoms with Gasteiger partial charge in [-0.15, -0.1) is 0 Å². The van der Waals surface area contributed by atoms with Crippen LogP contribution in [0.15, 0.2) is 11.6 Å². The molecule has 4 nitrogen and oxygen atoms in total. The van der Waals surface area contributed by atoms with Crippen molar-refractivity contribution >= 4 is 5.97 Å². The van der Waals surface area contributed by atoms with Crippen molar-refractivity contribution in [3.63, 3.8) is 0 Å². The summed E-state index contributed by atoms with van der Waals surface area (Å²) in [5, 5.41) is 23.9. The number of carbonyl (C=O) groups is 1. The Morgan fingerprint density at radius 1 is 1.56 bits per heavy atom. The maximum Gasteiger partial charge on any atom is 0.347 e. The van der Waals surface area contributed by atoms with E-state index in [-0.39, 0.29) is 0 Å². The molecule has 0 spiro atoms. The van der Waals surface area contributed by atoms with Crippen molar-refractivity contribution in [2.45, 2.75) is 0 Å². The van der Waals surface area contributed by atoms with Gasteiger partial charge >= 0.3 is 5.97 Å². The Labute approximate surface area is 51.3 Å². The van der Waals surface area contributed by atoms with E-state index in [1.54, 1.807) is 0 Å². The molecule has 9 heavy (non-hydrogen) atoms. The predicted molar refractivity (Wildman–Crippen MR) is 26.9 cm³/mol. The zero-order chi connectivity index (χ0) is 7.28. The van der Waals surface area contributed by atoms with Crippen LogP contribution < -0.4 is 0 Å². The van der Waals surface area contributed by atoms with Gasteiger partial charge in [-0.25, -0.2) is 4.79 Å². The molecule has 0 heterocycles. The summed E-state index contributed by atoms with van der Waals surface area (Å²) in [4.78, 5) is 9.88. The molecule has 0 amide bonds. The minimum Gasteiger partial charge on any atom is -0.477 e. The van der Waals surface area contributed by atoms with Crippen LogP contribution in [0.1, 0.15) is 0 Å². The Bertz CT molecular complexity index is 228. The Kier molecular flexibility index (Phi) is 2.58. The molecule has 0 atom stereocenters. The van der Waals surface area contributed by atoms with Crippen molar-refractivity contribution in [3.05, 3.63) is 11.6 Å². The number of allylic oxidation sites excluding steroid dienone is 1. The molecule has 0 aliphatic carbocycles. The molecule has 0 rings (SSSR count). The van der Waals surface area contributed by atoms with Crippen molar-refractivity contribution < 1.29 is 9.90 Å². The number of carboxylic acid groups (broad SMARTS) is 1. The van der Waals surface area contributed by atoms with Gasteiger partial charge in [-0.05, 0) is 0 Å². The van der Waals surface area contributed by atoms with Crippen LogP contribution in [0.2, 0.25) is 0 Å². The first-order valence-corrected chi connectivity index (χ1v) is 1.95. The average molecular weight is 122 g/mol. The van der Waals surface area contributed by atoms with Gasteiger partial charge in [0.1, 0.15) is 11.6 Å². The Morgan fingerprint density at radius 3 is 2.22 bits per heavy atom. The lowest BCUT2D eigenvalue weighted by Gasteiger charge is -1.79. The lowest BCUT2D eigenvalue weighted by molar-refractivity contribution is -0.132. The van der Waals surface area contributed by atoms with E-state index in [2.05, 4.69) is 0 Å². The van der Waals surface area contributed by atoms with E-state index in [0.717, 1.165) is 0 Å². The summed E-state index contributed by atoms with van der Waals surface area (Å²) >= 11 is 0. The van der Waals surface area contributed by atoms with Crippen molar-refractivity contribution in [1.82, 2.24) is 0 Å². The third-order valence-electron chi connectivity index (χ3n) is 0.560. The topological polar surface area (TPSA) is 84.9 Å². The summed E-state index contributed by atoms with van der Waals surface area (Å²) in [5.74, 6) is -1.38. The number of hydrogen-bond donors (Lipinski definition) is 1. The lowest BCUT2D eigenvalue weighted by atomic mass is 10.3. The highest BCUT2D eigenvalue weighted by molar-refractivity contribution is 5.91. The van der Waals surface area contributed by atoms with E-state index in [4.69, 9.17) is 15.6 Å². The Balaban J connectivity index is 4.45. The average Bonchev–Trinajstić information content (AvgIpc) is 1.82. The molecule has 0 aromatic rings. The largest absolute Gasteiger partial charge is 0.477 e. The van der Waals surface area contributed by atoms with Crippen molar-refractivity contribution in [3.8, 4) is 12.1 Å². The third kappa shape index (κ3) is 2.10. The molecular weight excluding hydrogens is 120 g/mol. The number of rotatable bonds is 1. The molecule has 0 saturated heterocycles. The van der Waals surface area contributed by atoms with Crippen LogP contribution in [0.5, 0.6) is 0 Å². The highest BCUT2D eigenvalue weighted by Crippen LogP contribution is 1.88. The fourth-order valence-corrected chi connectivity index (χ4v) is 0.206. The predicted octanol–water partition coefficient (Wildman–Crippen LogP) is 0.0446. The highest BCUT2D eigenvalue weighted by Gasteiger charge is 2.02. The smallest absolute Gasteiger partial charge is 0.347 e. The van der Waals surface area contributed by atoms with Gasteiger partial charge in [0.2, 0.25) is 0 Å². The minimum absolute atomic E-state index is 0.544. The van der Waals surface area contributed by atoms with Gasteiger partial charge in [-0.1, -0.05) is 0 Å². The first-order valence-electron chi connectivity index (χ1n) is 1.95. The van der Waals surface area contributed by atoms with Crippen LogP contribution in [-0.2, 0) is 4.79 Å². The Morgan fingerprint density at radius 2 is 2.11 bits per heavy atom. The van der Waals surface area contributed by atoms with E-state index in [9.17, 15) is 4.79 Å². The molecule has 0 aromatic heterocycles. The second-order valence-electron chi connectivity index (χ2n) is 1.10. The van der Waals surface area contributed by atoms with E-state index in [1.807, 2.05) is 0 Å². The van der Waals surface area contributed by atoms with E-state index < -0.39 is 11.5 Å². The van der Waals surface area contributed by atoms with E-state index >= 15 is 0 Å². The molecular formula is C5H2N2O2. The van der Waals surface area contributed by atoms with E-state index in [0.29, 0.717) is 6.08 Å². The van der Waals surface area contributed by atoms with Crippen LogP contribution in [-0.4, -0.2) is 11.1 Å². The van der Waals surface area contributed by atoms with Crippen molar-refractivity contribution in [1.29, 1.82) is 10.5 Å². The second kappa shape index (κ2) is 3.23. The standard InChI is InChI=1S/C5H2N2O2/c6-2-1-4(3-7)5(8)9/h1H,(H,8,9)/b4-1+. The quantitative estimate of drug-likeness (QED) is 0.393. The lowest BCUT2D eigenvalue weighted by Crippen LogP contribution is -1.96. The maximum atomic E-state index is 9.88. The van der Waals surface area contributed by atoms with Crippen LogP contribution in [0.25, 0.3) is 0 Å². The summed E-state index contributed by atoms with van der Waals surface area (Å²) < 4.78 is 0. The molecule has 4 heteroatoms. The van der Waals surface area contributed by atoms with Gasteiger partial charge in [0.05, 0.1) is 6.07 Å². The fraction of sp³-hybridized carbons (Fsp3) is 0. The van der Waals surface area contributed by atoms with Crippen molar-refractivity contribution in [2.75, 3.05) is 0 Å². The van der Waals surface area contributed by atoms with Gasteiger partial charge in [0.25, 0.3) is 0 Å². The SMILES string of the molecule is N#C/C=C(\C#N)C(=O)O. The minimum atomic E-state index is -1.38.